The maximum Gasteiger partial charge on any atom is 0.229 e. The Morgan fingerprint density at radius 1 is 1.46 bits per heavy atom. The van der Waals surface area contributed by atoms with Crippen LogP contribution >= 0.6 is 11.6 Å². The molecule has 8 nitrogen and oxygen atoms in total. The van der Waals surface area contributed by atoms with Crippen LogP contribution in [0.3, 0.4) is 0 Å². The van der Waals surface area contributed by atoms with Gasteiger partial charge in [-0.2, -0.15) is 4.98 Å². The summed E-state index contributed by atoms with van der Waals surface area (Å²) in [5, 5.41) is 6.81. The monoisotopic (exact) mass is 405 g/mol. The van der Waals surface area contributed by atoms with Gasteiger partial charge in [-0.25, -0.2) is 4.98 Å². The Morgan fingerprint density at radius 3 is 3.07 bits per heavy atom. The molecule has 1 aliphatic heterocycles. The predicted octanol–water partition coefficient (Wildman–Crippen LogP) is 3.23. The van der Waals surface area contributed by atoms with Crippen molar-refractivity contribution in [3.8, 4) is 5.75 Å². The number of morpholine rings is 1. The summed E-state index contributed by atoms with van der Waals surface area (Å²) in [5.41, 5.74) is 1.66. The number of methoxy groups -OCH3 is 1. The Kier molecular flexibility index (Phi) is 6.89. The van der Waals surface area contributed by atoms with Crippen molar-refractivity contribution in [2.45, 2.75) is 19.4 Å². The van der Waals surface area contributed by atoms with Gasteiger partial charge in [-0.05, 0) is 24.1 Å². The molecule has 0 aliphatic carbocycles. The third kappa shape index (κ3) is 4.82. The fourth-order valence-corrected chi connectivity index (χ4v) is 3.05. The smallest absolute Gasteiger partial charge is 0.229 e. The molecule has 1 fully saturated rings. The first-order valence-electron chi connectivity index (χ1n) is 9.17. The average molecular weight is 406 g/mol. The SMILES string of the molecule is CCCNc1nc(Nc2ccc(C3CN(C=O)CCO3)cc2OC)ncc1Cl. The molecule has 0 radical (unpaired) electrons. The van der Waals surface area contributed by atoms with Crippen LogP contribution in [0.4, 0.5) is 17.5 Å². The van der Waals surface area contributed by atoms with Crippen LogP contribution in [0.15, 0.2) is 24.4 Å². The van der Waals surface area contributed by atoms with Gasteiger partial charge in [0.1, 0.15) is 22.7 Å². The van der Waals surface area contributed by atoms with E-state index in [-0.39, 0.29) is 6.10 Å². The summed E-state index contributed by atoms with van der Waals surface area (Å²) in [6, 6.07) is 5.72. The van der Waals surface area contributed by atoms with E-state index in [1.54, 1.807) is 18.2 Å². The molecule has 1 amide bonds. The van der Waals surface area contributed by atoms with Crippen LogP contribution in [0, 0.1) is 0 Å². The number of ether oxygens (including phenoxy) is 2. The first kappa shape index (κ1) is 20.2. The van der Waals surface area contributed by atoms with Crippen molar-refractivity contribution >= 4 is 35.5 Å². The standard InChI is InChI=1S/C19H24ClN5O3/c1-3-6-21-18-14(20)10-22-19(24-18)23-15-5-4-13(9-16(15)27-2)17-11-25(12-26)7-8-28-17/h4-5,9-10,12,17H,3,6-8,11H2,1-2H3,(H2,21,22,23,24). The number of nitrogens with one attached hydrogen (secondary N) is 2. The molecular formula is C19H24ClN5O3. The van der Waals surface area contributed by atoms with Crippen molar-refractivity contribution in [1.29, 1.82) is 0 Å². The zero-order valence-electron chi connectivity index (χ0n) is 15.9. The Balaban J connectivity index is 1.78. The highest BCUT2D eigenvalue weighted by Crippen LogP contribution is 2.32. The number of halogens is 1. The topological polar surface area (TPSA) is 88.6 Å². The Labute approximate surface area is 169 Å². The molecule has 1 aromatic carbocycles. The molecule has 1 aromatic heterocycles. The van der Waals surface area contributed by atoms with Crippen molar-refractivity contribution in [3.05, 3.63) is 35.0 Å². The zero-order chi connectivity index (χ0) is 19.9. The van der Waals surface area contributed by atoms with E-state index in [1.165, 1.54) is 0 Å². The average Bonchev–Trinajstić information content (AvgIpc) is 2.74. The number of carbonyl (C=O) groups excluding carboxylic acids is 1. The van der Waals surface area contributed by atoms with Crippen LogP contribution in [0.1, 0.15) is 25.0 Å². The molecule has 0 bridgehead atoms. The summed E-state index contributed by atoms with van der Waals surface area (Å²) in [6.07, 6.45) is 3.19. The lowest BCUT2D eigenvalue weighted by Gasteiger charge is -2.30. The molecule has 1 atom stereocenters. The summed E-state index contributed by atoms with van der Waals surface area (Å²) in [7, 11) is 1.60. The van der Waals surface area contributed by atoms with Crippen molar-refractivity contribution in [2.75, 3.05) is 44.0 Å². The fourth-order valence-electron chi connectivity index (χ4n) is 2.89. The number of aromatic nitrogens is 2. The highest BCUT2D eigenvalue weighted by molar-refractivity contribution is 6.32. The number of nitrogens with zero attached hydrogens (tertiary/aromatic N) is 3. The van der Waals surface area contributed by atoms with Gasteiger partial charge in [0, 0.05) is 13.1 Å². The lowest BCUT2D eigenvalue weighted by molar-refractivity contribution is -0.125. The Bertz CT molecular complexity index is 820. The predicted molar refractivity (Wildman–Crippen MR) is 108 cm³/mol. The van der Waals surface area contributed by atoms with E-state index in [0.717, 1.165) is 30.6 Å². The Hall–Kier alpha value is -2.58. The van der Waals surface area contributed by atoms with Gasteiger partial charge < -0.3 is 25.0 Å². The highest BCUT2D eigenvalue weighted by Gasteiger charge is 2.22. The molecule has 3 rings (SSSR count). The fraction of sp³-hybridized carbons (Fsp3) is 0.421. The number of hydrogen-bond donors (Lipinski definition) is 2. The van der Waals surface area contributed by atoms with Crippen LogP contribution in [-0.2, 0) is 9.53 Å². The molecule has 1 unspecified atom stereocenters. The number of anilines is 3. The molecular weight excluding hydrogens is 382 g/mol. The van der Waals surface area contributed by atoms with E-state index in [1.807, 2.05) is 18.2 Å². The van der Waals surface area contributed by atoms with Crippen molar-refractivity contribution in [2.24, 2.45) is 0 Å². The van der Waals surface area contributed by atoms with Gasteiger partial charge in [-0.1, -0.05) is 24.6 Å². The molecule has 0 spiro atoms. The van der Waals surface area contributed by atoms with Crippen molar-refractivity contribution in [3.63, 3.8) is 0 Å². The van der Waals surface area contributed by atoms with Crippen molar-refractivity contribution in [1.82, 2.24) is 14.9 Å². The number of carbonyl (C=O) groups is 1. The molecule has 1 saturated heterocycles. The molecule has 9 heteroatoms. The second-order valence-corrected chi connectivity index (χ2v) is 6.77. The molecule has 1 aliphatic rings. The van der Waals surface area contributed by atoms with E-state index in [0.29, 0.717) is 42.2 Å². The molecule has 28 heavy (non-hydrogen) atoms. The number of rotatable bonds is 8. The second kappa shape index (κ2) is 9.57. The van der Waals surface area contributed by atoms with E-state index in [2.05, 4.69) is 27.5 Å². The minimum atomic E-state index is -0.182. The number of amides is 1. The summed E-state index contributed by atoms with van der Waals surface area (Å²) < 4.78 is 11.3. The van der Waals surface area contributed by atoms with Crippen LogP contribution in [0.25, 0.3) is 0 Å². The van der Waals surface area contributed by atoms with E-state index < -0.39 is 0 Å². The third-order valence-electron chi connectivity index (χ3n) is 4.38. The molecule has 150 valence electrons. The van der Waals surface area contributed by atoms with Crippen LogP contribution < -0.4 is 15.4 Å². The lowest BCUT2D eigenvalue weighted by Crippen LogP contribution is -2.37. The van der Waals surface area contributed by atoms with Crippen LogP contribution in [0.5, 0.6) is 5.75 Å². The van der Waals surface area contributed by atoms with Crippen molar-refractivity contribution < 1.29 is 14.3 Å². The van der Waals surface area contributed by atoms with Crippen LogP contribution in [0.2, 0.25) is 5.02 Å². The normalized spacial score (nSPS) is 16.5. The largest absolute Gasteiger partial charge is 0.495 e. The number of hydrogen-bond acceptors (Lipinski definition) is 7. The minimum absolute atomic E-state index is 0.182. The summed E-state index contributed by atoms with van der Waals surface area (Å²) in [4.78, 5) is 21.4. The summed E-state index contributed by atoms with van der Waals surface area (Å²) in [5.74, 6) is 1.63. The van der Waals surface area contributed by atoms with Gasteiger partial charge >= 0.3 is 0 Å². The molecule has 0 saturated carbocycles. The van der Waals surface area contributed by atoms with Gasteiger partial charge in [0.05, 0.1) is 32.1 Å². The lowest BCUT2D eigenvalue weighted by atomic mass is 10.1. The third-order valence-corrected chi connectivity index (χ3v) is 4.65. The quantitative estimate of drug-likeness (QED) is 0.651. The molecule has 2 heterocycles. The molecule has 2 N–H and O–H groups in total. The minimum Gasteiger partial charge on any atom is -0.495 e. The number of benzene rings is 1. The molecule has 2 aromatic rings. The van der Waals surface area contributed by atoms with E-state index >= 15 is 0 Å². The zero-order valence-corrected chi connectivity index (χ0v) is 16.7. The van der Waals surface area contributed by atoms with Gasteiger partial charge in [0.25, 0.3) is 0 Å². The second-order valence-electron chi connectivity index (χ2n) is 6.36. The maximum atomic E-state index is 11.0. The highest BCUT2D eigenvalue weighted by atomic mass is 35.5. The van der Waals surface area contributed by atoms with E-state index in [9.17, 15) is 4.79 Å². The van der Waals surface area contributed by atoms with Gasteiger partial charge in [0.15, 0.2) is 0 Å². The van der Waals surface area contributed by atoms with Gasteiger partial charge in [-0.15, -0.1) is 0 Å². The van der Waals surface area contributed by atoms with Gasteiger partial charge in [0.2, 0.25) is 12.4 Å². The van der Waals surface area contributed by atoms with Crippen LogP contribution in [-0.4, -0.2) is 54.6 Å². The maximum absolute atomic E-state index is 11.0. The summed E-state index contributed by atoms with van der Waals surface area (Å²) >= 11 is 6.14. The van der Waals surface area contributed by atoms with Gasteiger partial charge in [-0.3, -0.25) is 4.79 Å². The Morgan fingerprint density at radius 2 is 2.32 bits per heavy atom. The first-order chi connectivity index (χ1) is 13.6. The van der Waals surface area contributed by atoms with E-state index in [4.69, 9.17) is 21.1 Å². The first-order valence-corrected chi connectivity index (χ1v) is 9.54. The summed E-state index contributed by atoms with van der Waals surface area (Å²) in [6.45, 7) is 4.48.